The lowest BCUT2D eigenvalue weighted by atomic mass is 10.2. The van der Waals surface area contributed by atoms with Crippen LogP contribution >= 0.6 is 15.9 Å². The van der Waals surface area contributed by atoms with Crippen LogP contribution in [0.5, 0.6) is 5.75 Å². The van der Waals surface area contributed by atoms with Gasteiger partial charge in [-0.2, -0.15) is 5.26 Å². The van der Waals surface area contributed by atoms with E-state index in [1.165, 1.54) is 18.2 Å². The number of para-hydroxylation sites is 1. The van der Waals surface area contributed by atoms with Crippen LogP contribution in [0.2, 0.25) is 0 Å². The van der Waals surface area contributed by atoms with Crippen LogP contribution in [-0.4, -0.2) is 8.42 Å². The van der Waals surface area contributed by atoms with Gasteiger partial charge in [0.25, 0.3) is 0 Å². The zero-order chi connectivity index (χ0) is 20.9. The van der Waals surface area contributed by atoms with Gasteiger partial charge in [0, 0.05) is 10.0 Å². The molecule has 0 heterocycles. The predicted molar refractivity (Wildman–Crippen MR) is 117 cm³/mol. The molecular weight excluding hydrogens is 450 g/mol. The number of sulfone groups is 1. The van der Waals surface area contributed by atoms with Gasteiger partial charge in [-0.25, -0.2) is 8.42 Å². The molecule has 0 fully saturated rings. The number of nitrogens with zero attached hydrogens (tertiary/aromatic N) is 1. The summed E-state index contributed by atoms with van der Waals surface area (Å²) in [6.07, 6.45) is 1.35. The molecule has 0 aliphatic rings. The van der Waals surface area contributed by atoms with Crippen molar-refractivity contribution in [2.45, 2.75) is 18.4 Å². The van der Waals surface area contributed by atoms with Crippen LogP contribution in [0.15, 0.2) is 87.1 Å². The molecule has 0 N–H and O–H groups in total. The zero-order valence-electron chi connectivity index (χ0n) is 15.7. The summed E-state index contributed by atoms with van der Waals surface area (Å²) in [4.78, 5) is -0.245. The molecule has 0 spiro atoms. The summed E-state index contributed by atoms with van der Waals surface area (Å²) in [5.74, 6) is 0.502. The van der Waals surface area contributed by atoms with E-state index in [4.69, 9.17) is 4.74 Å². The van der Waals surface area contributed by atoms with E-state index < -0.39 is 9.84 Å². The Morgan fingerprint density at radius 2 is 1.69 bits per heavy atom. The molecular formula is C23H18BrNO3S. The smallest absolute Gasteiger partial charge is 0.216 e. The Morgan fingerprint density at radius 3 is 2.34 bits per heavy atom. The molecule has 0 aliphatic carbocycles. The third-order valence-electron chi connectivity index (χ3n) is 4.24. The van der Waals surface area contributed by atoms with Crippen molar-refractivity contribution >= 4 is 31.8 Å². The fourth-order valence-corrected chi connectivity index (χ4v) is 4.04. The molecule has 3 aromatic carbocycles. The average molecular weight is 468 g/mol. The molecule has 0 bridgehead atoms. The lowest BCUT2D eigenvalue weighted by molar-refractivity contribution is 0.305. The minimum atomic E-state index is -3.92. The molecule has 146 valence electrons. The first-order valence-corrected chi connectivity index (χ1v) is 11.1. The summed E-state index contributed by atoms with van der Waals surface area (Å²) >= 11 is 3.39. The van der Waals surface area contributed by atoms with Crippen LogP contribution in [0.1, 0.15) is 16.7 Å². The first kappa shape index (κ1) is 20.8. The lowest BCUT2D eigenvalue weighted by Crippen LogP contribution is -2.04. The van der Waals surface area contributed by atoms with Crippen molar-refractivity contribution in [2.75, 3.05) is 0 Å². The third-order valence-corrected chi connectivity index (χ3v) is 6.45. The van der Waals surface area contributed by atoms with Gasteiger partial charge in [-0.05, 0) is 48.9 Å². The van der Waals surface area contributed by atoms with Crippen LogP contribution in [0.3, 0.4) is 0 Å². The highest BCUT2D eigenvalue weighted by atomic mass is 79.9. The molecule has 4 nitrogen and oxygen atoms in total. The largest absolute Gasteiger partial charge is 0.488 e. The second-order valence-corrected chi connectivity index (χ2v) is 9.22. The van der Waals surface area contributed by atoms with E-state index >= 15 is 0 Å². The van der Waals surface area contributed by atoms with E-state index in [0.29, 0.717) is 17.9 Å². The molecule has 0 aliphatic heterocycles. The Labute approximate surface area is 179 Å². The molecule has 0 aromatic heterocycles. The van der Waals surface area contributed by atoms with E-state index in [1.807, 2.05) is 37.3 Å². The predicted octanol–water partition coefficient (Wildman–Crippen LogP) is 5.67. The number of allylic oxidation sites excluding steroid dienone is 1. The fraction of sp³-hybridized carbons (Fsp3) is 0.0870. The molecule has 3 rings (SSSR count). The van der Waals surface area contributed by atoms with E-state index in [9.17, 15) is 13.7 Å². The monoisotopic (exact) mass is 467 g/mol. The Bertz CT molecular complexity index is 1180. The second kappa shape index (κ2) is 9.08. The van der Waals surface area contributed by atoms with Gasteiger partial charge < -0.3 is 4.74 Å². The first-order valence-electron chi connectivity index (χ1n) is 8.80. The van der Waals surface area contributed by atoms with E-state index in [2.05, 4.69) is 15.9 Å². The fourth-order valence-electron chi connectivity index (χ4n) is 2.63. The molecule has 0 radical (unpaired) electrons. The van der Waals surface area contributed by atoms with Crippen molar-refractivity contribution in [3.63, 3.8) is 0 Å². The number of ether oxygens (including phenoxy) is 1. The van der Waals surface area contributed by atoms with Crippen molar-refractivity contribution in [2.24, 2.45) is 0 Å². The summed E-state index contributed by atoms with van der Waals surface area (Å²) in [6.45, 7) is 2.20. The number of benzene rings is 3. The van der Waals surface area contributed by atoms with Gasteiger partial charge >= 0.3 is 0 Å². The summed E-state index contributed by atoms with van der Waals surface area (Å²) in [6, 6.07) is 23.0. The molecule has 6 heteroatoms. The number of hydrogen-bond donors (Lipinski definition) is 0. The standard InChI is InChI=1S/C23H18BrNO3S/c1-17-6-12-21(13-7-17)29(26,27)22(15-25)14-19-4-2-3-5-23(19)28-16-18-8-10-20(24)11-9-18/h2-14H,16H2,1H3/b22-14+. The zero-order valence-corrected chi connectivity index (χ0v) is 18.1. The van der Waals surface area contributed by atoms with E-state index in [-0.39, 0.29) is 9.80 Å². The van der Waals surface area contributed by atoms with Crippen LogP contribution in [0.25, 0.3) is 6.08 Å². The topological polar surface area (TPSA) is 67.2 Å². The molecule has 0 unspecified atom stereocenters. The Balaban J connectivity index is 1.91. The van der Waals surface area contributed by atoms with Crippen molar-refractivity contribution in [1.29, 1.82) is 5.26 Å². The molecule has 0 amide bonds. The molecule has 29 heavy (non-hydrogen) atoms. The Kier molecular flexibility index (Phi) is 6.53. The summed E-state index contributed by atoms with van der Waals surface area (Å²) in [5.41, 5.74) is 2.44. The Hall–Kier alpha value is -2.88. The van der Waals surface area contributed by atoms with Crippen LogP contribution in [-0.2, 0) is 16.4 Å². The van der Waals surface area contributed by atoms with Crippen LogP contribution < -0.4 is 4.74 Å². The van der Waals surface area contributed by atoms with Gasteiger partial charge in [0.1, 0.15) is 23.3 Å². The molecule has 0 saturated heterocycles. The first-order chi connectivity index (χ1) is 13.9. The van der Waals surface area contributed by atoms with Gasteiger partial charge in [0.05, 0.1) is 4.90 Å². The third kappa shape index (κ3) is 5.14. The number of rotatable bonds is 6. The average Bonchev–Trinajstić information content (AvgIpc) is 2.72. The lowest BCUT2D eigenvalue weighted by Gasteiger charge is -2.10. The Morgan fingerprint density at radius 1 is 1.03 bits per heavy atom. The van der Waals surface area contributed by atoms with Crippen LogP contribution in [0.4, 0.5) is 0 Å². The van der Waals surface area contributed by atoms with Gasteiger partial charge in [-0.15, -0.1) is 0 Å². The molecule has 3 aromatic rings. The van der Waals surface area contributed by atoms with Crippen molar-refractivity contribution in [3.8, 4) is 11.8 Å². The quantitative estimate of drug-likeness (QED) is 0.437. The van der Waals surface area contributed by atoms with Gasteiger partial charge in [0.2, 0.25) is 9.84 Å². The van der Waals surface area contributed by atoms with Gasteiger partial charge in [-0.3, -0.25) is 0 Å². The maximum Gasteiger partial charge on any atom is 0.216 e. The SMILES string of the molecule is Cc1ccc(S(=O)(=O)/C(C#N)=C/c2ccccc2OCc2ccc(Br)cc2)cc1. The highest BCUT2D eigenvalue weighted by molar-refractivity contribution is 9.10. The van der Waals surface area contributed by atoms with E-state index in [1.54, 1.807) is 36.4 Å². The number of nitriles is 1. The highest BCUT2D eigenvalue weighted by Gasteiger charge is 2.21. The maximum atomic E-state index is 12.9. The van der Waals surface area contributed by atoms with Crippen LogP contribution in [0, 0.1) is 18.3 Å². The molecule has 0 atom stereocenters. The summed E-state index contributed by atoms with van der Waals surface area (Å²) < 4.78 is 32.6. The van der Waals surface area contributed by atoms with Crippen molar-refractivity contribution in [3.05, 3.63) is 98.9 Å². The minimum absolute atomic E-state index is 0.0872. The number of aryl methyl sites for hydroxylation is 1. The number of halogens is 1. The second-order valence-electron chi connectivity index (χ2n) is 6.39. The van der Waals surface area contributed by atoms with Crippen molar-refractivity contribution in [1.82, 2.24) is 0 Å². The minimum Gasteiger partial charge on any atom is -0.488 e. The van der Waals surface area contributed by atoms with Crippen molar-refractivity contribution < 1.29 is 13.2 Å². The maximum absolute atomic E-state index is 12.9. The van der Waals surface area contributed by atoms with Gasteiger partial charge in [-0.1, -0.05) is 64.0 Å². The molecule has 0 saturated carbocycles. The summed E-state index contributed by atoms with van der Waals surface area (Å²) in [7, 11) is -3.92. The highest BCUT2D eigenvalue weighted by Crippen LogP contribution is 2.26. The normalized spacial score (nSPS) is 11.7. The van der Waals surface area contributed by atoms with Gasteiger partial charge in [0.15, 0.2) is 0 Å². The number of hydrogen-bond acceptors (Lipinski definition) is 4. The van der Waals surface area contributed by atoms with E-state index in [0.717, 1.165) is 15.6 Å². The summed E-state index contributed by atoms with van der Waals surface area (Å²) in [5, 5.41) is 9.52.